The zero-order valence-electron chi connectivity index (χ0n) is 9.19. The minimum atomic E-state index is -0.326. The van der Waals surface area contributed by atoms with Crippen LogP contribution < -0.4 is 0 Å². The van der Waals surface area contributed by atoms with Gasteiger partial charge in [0.25, 0.3) is 0 Å². The van der Waals surface area contributed by atoms with Crippen molar-refractivity contribution < 1.29 is 19.1 Å². The number of cyclic esters (lactones) is 2. The number of hydrogen-bond acceptors (Lipinski definition) is 4. The molecule has 1 fully saturated rings. The van der Waals surface area contributed by atoms with Crippen LogP contribution in [0.15, 0.2) is 23.3 Å². The van der Waals surface area contributed by atoms with Crippen molar-refractivity contribution >= 4 is 11.9 Å². The second kappa shape index (κ2) is 4.51. The summed E-state index contributed by atoms with van der Waals surface area (Å²) in [4.78, 5) is 22.9. The van der Waals surface area contributed by atoms with Crippen molar-refractivity contribution in [1.82, 2.24) is 0 Å². The molecule has 0 spiro atoms. The molecule has 0 N–H and O–H groups in total. The molecule has 0 radical (unpaired) electrons. The van der Waals surface area contributed by atoms with Crippen LogP contribution in [0.1, 0.15) is 19.8 Å². The Balaban J connectivity index is 2.07. The van der Waals surface area contributed by atoms with Crippen LogP contribution in [-0.2, 0) is 19.1 Å². The average Bonchev–Trinajstić information content (AvgIpc) is 2.59. The van der Waals surface area contributed by atoms with E-state index in [-0.39, 0.29) is 17.9 Å². The van der Waals surface area contributed by atoms with Gasteiger partial charge in [0.05, 0.1) is 12.5 Å². The van der Waals surface area contributed by atoms with Crippen molar-refractivity contribution in [2.45, 2.75) is 19.8 Å². The first kappa shape index (κ1) is 10.9. The number of esters is 2. The van der Waals surface area contributed by atoms with Crippen LogP contribution in [0.2, 0.25) is 0 Å². The maximum Gasteiger partial charge on any atom is 0.334 e. The molecule has 0 aromatic rings. The highest BCUT2D eigenvalue weighted by Crippen LogP contribution is 2.24. The highest BCUT2D eigenvalue weighted by atomic mass is 16.5. The van der Waals surface area contributed by atoms with Gasteiger partial charge in [-0.3, -0.25) is 4.79 Å². The molecule has 86 valence electrons. The molecule has 0 aromatic heterocycles. The normalized spacial score (nSPS) is 25.4. The van der Waals surface area contributed by atoms with Gasteiger partial charge < -0.3 is 9.47 Å². The van der Waals surface area contributed by atoms with Gasteiger partial charge in [-0.15, -0.1) is 0 Å². The second-order valence-corrected chi connectivity index (χ2v) is 4.14. The summed E-state index contributed by atoms with van der Waals surface area (Å²) >= 11 is 0. The third kappa shape index (κ3) is 2.32. The Labute approximate surface area is 93.9 Å². The molecule has 0 unspecified atom stereocenters. The number of ether oxygens (including phenoxy) is 2. The van der Waals surface area contributed by atoms with E-state index in [2.05, 4.69) is 0 Å². The molecule has 0 saturated carbocycles. The van der Waals surface area contributed by atoms with Crippen molar-refractivity contribution in [3.8, 4) is 0 Å². The van der Waals surface area contributed by atoms with Gasteiger partial charge in [0.15, 0.2) is 0 Å². The predicted molar refractivity (Wildman–Crippen MR) is 56.5 cm³/mol. The summed E-state index contributed by atoms with van der Waals surface area (Å²) in [6, 6.07) is 0. The van der Waals surface area contributed by atoms with Crippen molar-refractivity contribution in [2.75, 3.05) is 13.2 Å². The molecule has 0 amide bonds. The summed E-state index contributed by atoms with van der Waals surface area (Å²) in [6.07, 6.45) is 4.71. The molecule has 4 heteroatoms. The SMILES string of the molecule is CC1=CC=C(C[C@H]2CCOC2=O)C(=O)OC1. The highest BCUT2D eigenvalue weighted by molar-refractivity contribution is 5.90. The molecule has 0 aromatic carbocycles. The highest BCUT2D eigenvalue weighted by Gasteiger charge is 2.29. The first-order valence-corrected chi connectivity index (χ1v) is 5.37. The zero-order chi connectivity index (χ0) is 11.5. The zero-order valence-corrected chi connectivity index (χ0v) is 9.19. The van der Waals surface area contributed by atoms with Crippen molar-refractivity contribution in [2.24, 2.45) is 5.92 Å². The Bertz CT molecular complexity index is 378. The first-order chi connectivity index (χ1) is 7.66. The second-order valence-electron chi connectivity index (χ2n) is 4.14. The van der Waals surface area contributed by atoms with Crippen LogP contribution in [0.25, 0.3) is 0 Å². The summed E-state index contributed by atoms with van der Waals surface area (Å²) < 4.78 is 9.91. The number of carbonyl (C=O) groups excluding carboxylic acids is 2. The van der Waals surface area contributed by atoms with E-state index >= 15 is 0 Å². The lowest BCUT2D eigenvalue weighted by Gasteiger charge is -2.07. The van der Waals surface area contributed by atoms with E-state index in [9.17, 15) is 9.59 Å². The van der Waals surface area contributed by atoms with Gasteiger partial charge in [-0.2, -0.15) is 0 Å². The van der Waals surface area contributed by atoms with Crippen LogP contribution in [0.5, 0.6) is 0 Å². The quantitative estimate of drug-likeness (QED) is 0.662. The lowest BCUT2D eigenvalue weighted by atomic mass is 9.98. The molecular weight excluding hydrogens is 208 g/mol. The summed E-state index contributed by atoms with van der Waals surface area (Å²) in [5.41, 5.74) is 1.55. The molecule has 4 nitrogen and oxygen atoms in total. The smallest absolute Gasteiger partial charge is 0.334 e. The Morgan fingerprint density at radius 2 is 2.12 bits per heavy atom. The molecule has 1 atom stereocenters. The largest absolute Gasteiger partial charge is 0.465 e. The molecule has 2 aliphatic heterocycles. The number of rotatable bonds is 2. The van der Waals surface area contributed by atoms with E-state index in [0.29, 0.717) is 31.6 Å². The van der Waals surface area contributed by atoms with Crippen LogP contribution >= 0.6 is 0 Å². The maximum atomic E-state index is 11.6. The molecule has 2 aliphatic rings. The number of allylic oxidation sites excluding steroid dienone is 2. The monoisotopic (exact) mass is 222 g/mol. The lowest BCUT2D eigenvalue weighted by molar-refractivity contribution is -0.141. The first-order valence-electron chi connectivity index (χ1n) is 5.37. The molecule has 0 aliphatic carbocycles. The molecule has 1 saturated heterocycles. The van der Waals surface area contributed by atoms with E-state index in [0.717, 1.165) is 5.57 Å². The number of hydrogen-bond donors (Lipinski definition) is 0. The van der Waals surface area contributed by atoms with Gasteiger partial charge in [-0.05, 0) is 25.3 Å². The fourth-order valence-electron chi connectivity index (χ4n) is 1.77. The molecular formula is C12H14O4. The third-order valence-corrected chi connectivity index (χ3v) is 2.77. The summed E-state index contributed by atoms with van der Waals surface area (Å²) in [6.45, 7) is 2.69. The van der Waals surface area contributed by atoms with Crippen molar-refractivity contribution in [3.63, 3.8) is 0 Å². The van der Waals surface area contributed by atoms with Crippen LogP contribution in [0, 0.1) is 5.92 Å². The Hall–Kier alpha value is -1.58. The van der Waals surface area contributed by atoms with Crippen molar-refractivity contribution in [3.05, 3.63) is 23.3 Å². The van der Waals surface area contributed by atoms with Gasteiger partial charge in [-0.1, -0.05) is 12.2 Å². The molecule has 16 heavy (non-hydrogen) atoms. The standard InChI is InChI=1S/C12H14O4/c1-8-2-3-9(12(14)16-7-8)6-10-4-5-15-11(10)13/h2-3,10H,4-7H2,1H3/t10-/m1/s1. The minimum Gasteiger partial charge on any atom is -0.465 e. The Morgan fingerprint density at radius 1 is 1.31 bits per heavy atom. The molecule has 0 bridgehead atoms. The molecule has 2 rings (SSSR count). The fraction of sp³-hybridized carbons (Fsp3) is 0.500. The van der Waals surface area contributed by atoms with Gasteiger partial charge >= 0.3 is 11.9 Å². The minimum absolute atomic E-state index is 0.189. The predicted octanol–water partition coefficient (Wildman–Crippen LogP) is 1.37. The summed E-state index contributed by atoms with van der Waals surface area (Å²) in [5, 5.41) is 0. The van der Waals surface area contributed by atoms with Crippen LogP contribution in [0.3, 0.4) is 0 Å². The Kier molecular flexibility index (Phi) is 3.08. The summed E-state index contributed by atoms with van der Waals surface area (Å²) in [5.74, 6) is -0.725. The van der Waals surface area contributed by atoms with Gasteiger partial charge in [0, 0.05) is 5.57 Å². The van der Waals surface area contributed by atoms with Crippen LogP contribution in [0.4, 0.5) is 0 Å². The fourth-order valence-corrected chi connectivity index (χ4v) is 1.77. The van der Waals surface area contributed by atoms with E-state index < -0.39 is 0 Å². The number of carbonyl (C=O) groups is 2. The van der Waals surface area contributed by atoms with E-state index in [1.54, 1.807) is 6.08 Å². The third-order valence-electron chi connectivity index (χ3n) is 2.77. The molecule has 2 heterocycles. The van der Waals surface area contributed by atoms with Crippen molar-refractivity contribution in [1.29, 1.82) is 0 Å². The van der Waals surface area contributed by atoms with E-state index in [1.807, 2.05) is 13.0 Å². The van der Waals surface area contributed by atoms with Gasteiger partial charge in [0.2, 0.25) is 0 Å². The van der Waals surface area contributed by atoms with Crippen LogP contribution in [-0.4, -0.2) is 25.2 Å². The average molecular weight is 222 g/mol. The topological polar surface area (TPSA) is 52.6 Å². The van der Waals surface area contributed by atoms with Gasteiger partial charge in [0.1, 0.15) is 6.61 Å². The lowest BCUT2D eigenvalue weighted by Crippen LogP contribution is -2.14. The van der Waals surface area contributed by atoms with Gasteiger partial charge in [-0.25, -0.2) is 4.79 Å². The maximum absolute atomic E-state index is 11.6. The Morgan fingerprint density at radius 3 is 2.81 bits per heavy atom. The van der Waals surface area contributed by atoms with E-state index in [1.165, 1.54) is 0 Å². The summed E-state index contributed by atoms with van der Waals surface area (Å²) in [7, 11) is 0. The van der Waals surface area contributed by atoms with E-state index in [4.69, 9.17) is 9.47 Å².